The van der Waals surface area contributed by atoms with Gasteiger partial charge in [0.25, 0.3) is 5.78 Å². The Morgan fingerprint density at radius 2 is 1.88 bits per heavy atom. The maximum atomic E-state index is 4.64. The normalized spacial score (nSPS) is 12.0. The van der Waals surface area contributed by atoms with E-state index in [0.717, 1.165) is 60.5 Å². The summed E-state index contributed by atoms with van der Waals surface area (Å²) in [5.74, 6) is 1.35. The van der Waals surface area contributed by atoms with Crippen LogP contribution in [0.1, 0.15) is 20.8 Å². The summed E-state index contributed by atoms with van der Waals surface area (Å²) in [6.07, 6.45) is 5.21. The van der Waals surface area contributed by atoms with Crippen molar-refractivity contribution in [1.82, 2.24) is 39.2 Å². The van der Waals surface area contributed by atoms with Crippen molar-refractivity contribution in [2.45, 2.75) is 27.3 Å². The second kappa shape index (κ2) is 6.83. The number of nitrogens with one attached hydrogen (secondary N) is 1. The van der Waals surface area contributed by atoms with E-state index in [0.29, 0.717) is 5.78 Å². The maximum Gasteiger partial charge on any atom is 0.254 e. The van der Waals surface area contributed by atoms with Gasteiger partial charge in [-0.2, -0.15) is 24.7 Å². The highest BCUT2D eigenvalue weighted by atomic mass is 15.3. The fourth-order valence-electron chi connectivity index (χ4n) is 3.28. The number of anilines is 1. The number of hydrogen-bond acceptors (Lipinski definition) is 7. The van der Waals surface area contributed by atoms with Crippen LogP contribution in [0.4, 0.5) is 5.82 Å². The van der Waals surface area contributed by atoms with Crippen molar-refractivity contribution in [3.63, 3.8) is 0 Å². The number of aryl methyl sites for hydroxylation is 1. The molecule has 0 unspecified atom stereocenters. The highest BCUT2D eigenvalue weighted by Crippen LogP contribution is 2.27. The topological polar surface area (TPSA) is 89.1 Å². The van der Waals surface area contributed by atoms with Gasteiger partial charge in [-0.25, -0.2) is 9.67 Å². The van der Waals surface area contributed by atoms with E-state index in [1.165, 1.54) is 6.33 Å². The van der Waals surface area contributed by atoms with Crippen molar-refractivity contribution in [1.29, 1.82) is 0 Å². The van der Waals surface area contributed by atoms with E-state index >= 15 is 0 Å². The van der Waals surface area contributed by atoms with Crippen LogP contribution < -0.4 is 5.32 Å². The van der Waals surface area contributed by atoms with Crippen LogP contribution in [0.25, 0.3) is 27.7 Å². The monoisotopic (exact) mass is 353 g/mol. The molecule has 1 N–H and O–H groups in total. The second-order valence-corrected chi connectivity index (χ2v) is 6.10. The predicted molar refractivity (Wildman–Crippen MR) is 101 cm³/mol. The third-order valence-electron chi connectivity index (χ3n) is 4.76. The quantitative estimate of drug-likeness (QED) is 0.542. The molecule has 0 radical (unpaired) electrons. The highest BCUT2D eigenvalue weighted by Gasteiger charge is 2.16. The molecule has 4 rings (SSSR count). The van der Waals surface area contributed by atoms with Gasteiger partial charge in [0, 0.05) is 25.8 Å². The Kier molecular flexibility index (Phi) is 4.37. The molecule has 0 amide bonds. The highest BCUT2D eigenvalue weighted by molar-refractivity contribution is 6.06. The molecular formula is C17H23N9. The molecule has 0 saturated carbocycles. The largest absolute Gasteiger partial charge is 0.368 e. The van der Waals surface area contributed by atoms with Crippen LogP contribution in [0.2, 0.25) is 0 Å². The molecule has 4 heterocycles. The maximum absolute atomic E-state index is 4.64. The Morgan fingerprint density at radius 1 is 1.04 bits per heavy atom. The van der Waals surface area contributed by atoms with Gasteiger partial charge in [-0.3, -0.25) is 0 Å². The number of rotatable bonds is 7. The van der Waals surface area contributed by atoms with E-state index < -0.39 is 0 Å². The molecule has 0 fully saturated rings. The molecule has 26 heavy (non-hydrogen) atoms. The van der Waals surface area contributed by atoms with Gasteiger partial charge in [-0.05, 0) is 20.0 Å². The molecule has 136 valence electrons. The molecule has 0 aliphatic carbocycles. The molecule has 0 spiro atoms. The third kappa shape index (κ3) is 2.64. The Balaban J connectivity index is 1.82. The van der Waals surface area contributed by atoms with Crippen molar-refractivity contribution >= 4 is 33.5 Å². The van der Waals surface area contributed by atoms with E-state index in [2.05, 4.69) is 56.1 Å². The number of fused-ring (bicyclic) bond motifs is 5. The first kappa shape index (κ1) is 16.6. The summed E-state index contributed by atoms with van der Waals surface area (Å²) in [6, 6.07) is 0. The zero-order chi connectivity index (χ0) is 18.1. The van der Waals surface area contributed by atoms with Gasteiger partial charge >= 0.3 is 0 Å². The molecule has 0 saturated heterocycles. The first-order valence-corrected chi connectivity index (χ1v) is 9.07. The van der Waals surface area contributed by atoms with Gasteiger partial charge < -0.3 is 10.2 Å². The van der Waals surface area contributed by atoms with E-state index in [4.69, 9.17) is 0 Å². The van der Waals surface area contributed by atoms with Crippen LogP contribution in [0, 0.1) is 0 Å². The molecular weight excluding hydrogens is 330 g/mol. The van der Waals surface area contributed by atoms with Gasteiger partial charge in [-0.15, -0.1) is 0 Å². The summed E-state index contributed by atoms with van der Waals surface area (Å²) in [7, 11) is 0. The SMILES string of the molecule is CCN(CC)CCNc1nc2ncnn2c2c1cnc1c2cnn1CC. The summed E-state index contributed by atoms with van der Waals surface area (Å²) in [4.78, 5) is 15.9. The van der Waals surface area contributed by atoms with Crippen LogP contribution in [-0.4, -0.2) is 65.4 Å². The van der Waals surface area contributed by atoms with Crippen LogP contribution in [0.5, 0.6) is 0 Å². The zero-order valence-electron chi connectivity index (χ0n) is 15.3. The summed E-state index contributed by atoms with van der Waals surface area (Å²) >= 11 is 0. The Hall–Kier alpha value is -2.81. The molecule has 4 aromatic rings. The predicted octanol–water partition coefficient (Wildman–Crippen LogP) is 1.80. The minimum Gasteiger partial charge on any atom is -0.368 e. The van der Waals surface area contributed by atoms with E-state index in [1.807, 2.05) is 17.1 Å². The minimum absolute atomic E-state index is 0.569. The van der Waals surface area contributed by atoms with Crippen LogP contribution in [0.15, 0.2) is 18.7 Å². The first-order chi connectivity index (χ1) is 12.8. The Bertz CT molecular complexity index is 1040. The van der Waals surface area contributed by atoms with Crippen molar-refractivity contribution in [3.8, 4) is 0 Å². The lowest BCUT2D eigenvalue weighted by atomic mass is 10.2. The van der Waals surface area contributed by atoms with Crippen molar-refractivity contribution in [2.24, 2.45) is 0 Å². The van der Waals surface area contributed by atoms with Gasteiger partial charge in [0.15, 0.2) is 5.65 Å². The Labute approximate surface area is 151 Å². The van der Waals surface area contributed by atoms with Crippen molar-refractivity contribution in [3.05, 3.63) is 18.7 Å². The molecule has 0 bridgehead atoms. The number of nitrogens with zero attached hydrogens (tertiary/aromatic N) is 8. The Morgan fingerprint density at radius 3 is 2.65 bits per heavy atom. The lowest BCUT2D eigenvalue weighted by molar-refractivity contribution is 0.316. The van der Waals surface area contributed by atoms with Crippen LogP contribution in [0.3, 0.4) is 0 Å². The smallest absolute Gasteiger partial charge is 0.254 e. The second-order valence-electron chi connectivity index (χ2n) is 6.10. The standard InChI is InChI=1S/C17H23N9/c1-4-24(5-2)8-7-18-15-12-9-19-16-13(10-21-25(16)6-3)14(12)26-17(23-15)20-11-22-26/h9-11H,4-8H2,1-3H3,(H,18,20,22,23). The minimum atomic E-state index is 0.569. The lowest BCUT2D eigenvalue weighted by Gasteiger charge is -2.18. The van der Waals surface area contributed by atoms with Crippen LogP contribution in [-0.2, 0) is 6.54 Å². The lowest BCUT2D eigenvalue weighted by Crippen LogP contribution is -2.28. The third-order valence-corrected chi connectivity index (χ3v) is 4.76. The average molecular weight is 353 g/mol. The zero-order valence-corrected chi connectivity index (χ0v) is 15.3. The van der Waals surface area contributed by atoms with Gasteiger partial charge in [0.1, 0.15) is 12.1 Å². The fraction of sp³-hybridized carbons (Fsp3) is 0.471. The molecule has 0 aliphatic rings. The van der Waals surface area contributed by atoms with E-state index in [1.54, 1.807) is 4.52 Å². The fourth-order valence-corrected chi connectivity index (χ4v) is 3.28. The molecule has 9 heteroatoms. The molecule has 4 aromatic heterocycles. The molecule has 9 nitrogen and oxygen atoms in total. The average Bonchev–Trinajstić information content (AvgIpc) is 3.30. The van der Waals surface area contributed by atoms with Crippen molar-refractivity contribution < 1.29 is 0 Å². The number of aromatic nitrogens is 7. The summed E-state index contributed by atoms with van der Waals surface area (Å²) in [5.41, 5.74) is 1.78. The van der Waals surface area contributed by atoms with Crippen molar-refractivity contribution in [2.75, 3.05) is 31.5 Å². The van der Waals surface area contributed by atoms with E-state index in [-0.39, 0.29) is 0 Å². The summed E-state index contributed by atoms with van der Waals surface area (Å²) < 4.78 is 3.64. The number of hydrogen-bond donors (Lipinski definition) is 1. The number of likely N-dealkylation sites (N-methyl/N-ethyl adjacent to an activating group) is 1. The van der Waals surface area contributed by atoms with Gasteiger partial charge in [-0.1, -0.05) is 13.8 Å². The molecule has 0 aromatic carbocycles. The van der Waals surface area contributed by atoms with Gasteiger partial charge in [0.05, 0.1) is 22.5 Å². The molecule has 0 atom stereocenters. The summed E-state index contributed by atoms with van der Waals surface area (Å²) in [5, 5.41) is 14.1. The first-order valence-electron chi connectivity index (χ1n) is 9.07. The van der Waals surface area contributed by atoms with Crippen LogP contribution >= 0.6 is 0 Å². The van der Waals surface area contributed by atoms with Gasteiger partial charge in [0.2, 0.25) is 0 Å². The van der Waals surface area contributed by atoms with E-state index in [9.17, 15) is 0 Å². The molecule has 0 aliphatic heterocycles. The number of pyridine rings is 1. The summed E-state index contributed by atoms with van der Waals surface area (Å²) in [6.45, 7) is 11.0.